The van der Waals surface area contributed by atoms with Gasteiger partial charge in [-0.05, 0) is 30.2 Å². The lowest BCUT2D eigenvalue weighted by molar-refractivity contribution is -0.130. The highest BCUT2D eigenvalue weighted by Gasteiger charge is 2.23. The Morgan fingerprint density at radius 3 is 2.81 bits per heavy atom. The highest BCUT2D eigenvalue weighted by molar-refractivity contribution is 5.76. The topological polar surface area (TPSA) is 61.6 Å². The van der Waals surface area contributed by atoms with Crippen molar-refractivity contribution < 1.29 is 14.3 Å². The number of carbonyl (C=O) groups is 1. The number of amides is 1. The second-order valence-electron chi connectivity index (χ2n) is 7.09. The molecule has 1 aliphatic rings. The molecular formula is C19H25FN4O2. The van der Waals surface area contributed by atoms with Crippen LogP contribution >= 0.6 is 0 Å². The Morgan fingerprint density at radius 2 is 2.12 bits per heavy atom. The van der Waals surface area contributed by atoms with Crippen molar-refractivity contribution in [1.82, 2.24) is 19.6 Å². The zero-order valence-electron chi connectivity index (χ0n) is 15.4. The molecule has 6 nitrogen and oxygen atoms in total. The van der Waals surface area contributed by atoms with Crippen molar-refractivity contribution in [2.45, 2.75) is 39.1 Å². The van der Waals surface area contributed by atoms with Gasteiger partial charge in [-0.2, -0.15) is 5.10 Å². The number of halogens is 1. The minimum atomic E-state index is -0.900. The number of hydrogen-bond donors (Lipinski definition) is 1. The van der Waals surface area contributed by atoms with Gasteiger partial charge in [-0.25, -0.2) is 4.39 Å². The van der Waals surface area contributed by atoms with Crippen molar-refractivity contribution in [3.63, 3.8) is 0 Å². The molecule has 140 valence electrons. The van der Waals surface area contributed by atoms with E-state index >= 15 is 0 Å². The van der Waals surface area contributed by atoms with Gasteiger partial charge in [0.25, 0.3) is 0 Å². The molecule has 1 N–H and O–H groups in total. The van der Waals surface area contributed by atoms with E-state index in [0.717, 1.165) is 17.8 Å². The standard InChI is InChI=1S/C19H25FN4O2/c1-13-4-5-14(8-16(13)20)11-23-6-7-24-15(12-23)9-17(21-24)18(25)10-19(26)22(2)3/h4-5,8-9,18,25H,6-7,10-12H2,1-3H3. The van der Waals surface area contributed by atoms with Crippen LogP contribution in [0.3, 0.4) is 0 Å². The van der Waals surface area contributed by atoms with E-state index in [1.54, 1.807) is 33.2 Å². The molecule has 1 atom stereocenters. The fourth-order valence-electron chi connectivity index (χ4n) is 3.09. The lowest BCUT2D eigenvalue weighted by Gasteiger charge is -2.27. The first kappa shape index (κ1) is 18.5. The second-order valence-corrected chi connectivity index (χ2v) is 7.09. The molecule has 1 aromatic heterocycles. The van der Waals surface area contributed by atoms with E-state index < -0.39 is 6.10 Å². The number of carbonyl (C=O) groups excluding carboxylic acids is 1. The van der Waals surface area contributed by atoms with Crippen LogP contribution in [0.1, 0.15) is 35.0 Å². The van der Waals surface area contributed by atoms with E-state index in [0.29, 0.717) is 30.9 Å². The van der Waals surface area contributed by atoms with Crippen LogP contribution in [0, 0.1) is 12.7 Å². The maximum absolute atomic E-state index is 13.7. The number of aromatic nitrogens is 2. The van der Waals surface area contributed by atoms with Crippen molar-refractivity contribution >= 4 is 5.91 Å². The van der Waals surface area contributed by atoms with Crippen LogP contribution in [0.15, 0.2) is 24.3 Å². The van der Waals surface area contributed by atoms with Gasteiger partial charge in [-0.3, -0.25) is 14.4 Å². The molecule has 26 heavy (non-hydrogen) atoms. The second kappa shape index (κ2) is 7.55. The molecule has 0 saturated heterocycles. The Balaban J connectivity index is 1.66. The molecule has 0 bridgehead atoms. The van der Waals surface area contributed by atoms with Gasteiger partial charge < -0.3 is 10.0 Å². The number of nitrogens with zero attached hydrogens (tertiary/aromatic N) is 4. The summed E-state index contributed by atoms with van der Waals surface area (Å²) >= 11 is 0. The number of rotatable bonds is 5. The fraction of sp³-hybridized carbons (Fsp3) is 0.474. The monoisotopic (exact) mass is 360 g/mol. The summed E-state index contributed by atoms with van der Waals surface area (Å²) in [7, 11) is 3.33. The van der Waals surface area contributed by atoms with E-state index in [2.05, 4.69) is 10.00 Å². The number of aryl methyl sites for hydroxylation is 1. The molecule has 1 aromatic carbocycles. The first-order valence-electron chi connectivity index (χ1n) is 8.75. The largest absolute Gasteiger partial charge is 0.386 e. The van der Waals surface area contributed by atoms with E-state index in [9.17, 15) is 14.3 Å². The third-order valence-electron chi connectivity index (χ3n) is 4.75. The van der Waals surface area contributed by atoms with Crippen LogP contribution in [0.2, 0.25) is 0 Å². The quantitative estimate of drug-likeness (QED) is 0.884. The molecule has 1 amide bonds. The number of fused-ring (bicyclic) bond motifs is 1. The summed E-state index contributed by atoms with van der Waals surface area (Å²) in [6.45, 7) is 4.61. The van der Waals surface area contributed by atoms with E-state index in [4.69, 9.17) is 0 Å². The number of benzene rings is 1. The molecule has 1 aliphatic heterocycles. The van der Waals surface area contributed by atoms with Gasteiger partial charge in [0.2, 0.25) is 5.91 Å². The highest BCUT2D eigenvalue weighted by Crippen LogP contribution is 2.22. The number of aliphatic hydroxyl groups excluding tert-OH is 1. The third kappa shape index (κ3) is 4.11. The zero-order valence-corrected chi connectivity index (χ0v) is 15.4. The summed E-state index contributed by atoms with van der Waals surface area (Å²) < 4.78 is 15.6. The molecular weight excluding hydrogens is 335 g/mol. The average Bonchev–Trinajstić information content (AvgIpc) is 3.01. The van der Waals surface area contributed by atoms with Crippen LogP contribution in [0.25, 0.3) is 0 Å². The molecule has 0 radical (unpaired) electrons. The number of hydrogen-bond acceptors (Lipinski definition) is 4. The highest BCUT2D eigenvalue weighted by atomic mass is 19.1. The summed E-state index contributed by atoms with van der Waals surface area (Å²) in [5, 5.41) is 14.7. The smallest absolute Gasteiger partial charge is 0.225 e. The van der Waals surface area contributed by atoms with Gasteiger partial charge >= 0.3 is 0 Å². The van der Waals surface area contributed by atoms with Gasteiger partial charge in [-0.15, -0.1) is 0 Å². The Labute approximate surface area is 152 Å². The summed E-state index contributed by atoms with van der Waals surface area (Å²) in [4.78, 5) is 15.5. The van der Waals surface area contributed by atoms with Gasteiger partial charge in [0.05, 0.1) is 24.4 Å². The third-order valence-corrected chi connectivity index (χ3v) is 4.75. The molecule has 1 unspecified atom stereocenters. The van der Waals surface area contributed by atoms with Gasteiger partial charge in [0, 0.05) is 33.7 Å². The molecule has 0 saturated carbocycles. The lowest BCUT2D eigenvalue weighted by atomic mass is 10.1. The maximum atomic E-state index is 13.7. The molecule has 0 fully saturated rings. The van der Waals surface area contributed by atoms with Crippen molar-refractivity contribution in [3.05, 3.63) is 52.6 Å². The molecule has 0 spiro atoms. The van der Waals surface area contributed by atoms with Crippen molar-refractivity contribution in [1.29, 1.82) is 0 Å². The first-order valence-corrected chi connectivity index (χ1v) is 8.75. The van der Waals surface area contributed by atoms with Crippen molar-refractivity contribution in [2.75, 3.05) is 20.6 Å². The zero-order chi connectivity index (χ0) is 18.8. The Morgan fingerprint density at radius 1 is 1.35 bits per heavy atom. The normalized spacial score (nSPS) is 15.6. The first-order chi connectivity index (χ1) is 12.3. The molecule has 3 rings (SSSR count). The summed E-state index contributed by atoms with van der Waals surface area (Å²) in [6.07, 6.45) is -0.877. The lowest BCUT2D eigenvalue weighted by Crippen LogP contribution is -2.33. The van der Waals surface area contributed by atoms with E-state index in [1.807, 2.05) is 16.8 Å². The SMILES string of the molecule is Cc1ccc(CN2CCn3nc(C(O)CC(=O)N(C)C)cc3C2)cc1F. The summed E-state index contributed by atoms with van der Waals surface area (Å²) in [5.41, 5.74) is 3.11. The van der Waals surface area contributed by atoms with E-state index in [1.165, 1.54) is 4.90 Å². The predicted octanol–water partition coefficient (Wildman–Crippen LogP) is 1.86. The van der Waals surface area contributed by atoms with Crippen LogP contribution in [-0.4, -0.2) is 51.2 Å². The van der Waals surface area contributed by atoms with Crippen molar-refractivity contribution in [3.8, 4) is 0 Å². The Bertz CT molecular complexity index is 803. The van der Waals surface area contributed by atoms with Gasteiger partial charge in [0.15, 0.2) is 0 Å². The number of aliphatic hydroxyl groups is 1. The molecule has 0 aliphatic carbocycles. The van der Waals surface area contributed by atoms with Crippen LogP contribution < -0.4 is 0 Å². The average molecular weight is 360 g/mol. The Hall–Kier alpha value is -2.25. The van der Waals surface area contributed by atoms with E-state index in [-0.39, 0.29) is 18.1 Å². The Kier molecular flexibility index (Phi) is 5.38. The summed E-state index contributed by atoms with van der Waals surface area (Å²) in [5.74, 6) is -0.313. The van der Waals surface area contributed by atoms with Crippen LogP contribution in [-0.2, 0) is 24.4 Å². The van der Waals surface area contributed by atoms with Gasteiger partial charge in [-0.1, -0.05) is 12.1 Å². The predicted molar refractivity (Wildman–Crippen MR) is 95.7 cm³/mol. The summed E-state index contributed by atoms with van der Waals surface area (Å²) in [6, 6.07) is 7.19. The minimum absolute atomic E-state index is 0.0236. The fourth-order valence-corrected chi connectivity index (χ4v) is 3.09. The van der Waals surface area contributed by atoms with Crippen LogP contribution in [0.4, 0.5) is 4.39 Å². The molecule has 7 heteroatoms. The maximum Gasteiger partial charge on any atom is 0.225 e. The van der Waals surface area contributed by atoms with Gasteiger partial charge in [0.1, 0.15) is 11.9 Å². The molecule has 2 heterocycles. The minimum Gasteiger partial charge on any atom is -0.386 e. The van der Waals surface area contributed by atoms with Crippen molar-refractivity contribution in [2.24, 2.45) is 0 Å². The van der Waals surface area contributed by atoms with Crippen LogP contribution in [0.5, 0.6) is 0 Å². The molecule has 2 aromatic rings.